The number of anilines is 2. The Morgan fingerprint density at radius 2 is 2.32 bits per heavy atom. The van der Waals surface area contributed by atoms with Gasteiger partial charge >= 0.3 is 5.97 Å². The number of methoxy groups -OCH3 is 1. The number of para-hydroxylation sites is 1. The summed E-state index contributed by atoms with van der Waals surface area (Å²) in [4.78, 5) is 11.2. The molecule has 0 radical (unpaired) electrons. The van der Waals surface area contributed by atoms with Crippen LogP contribution in [0.2, 0.25) is 0 Å². The van der Waals surface area contributed by atoms with Crippen LogP contribution in [0.1, 0.15) is 23.0 Å². The molecule has 1 aromatic carbocycles. The number of hydrogen-bond acceptors (Lipinski definition) is 4. The number of H-pyrrole nitrogens is 1. The Balaban J connectivity index is 2.39. The van der Waals surface area contributed by atoms with Gasteiger partial charge in [-0.2, -0.15) is 5.10 Å². The molecule has 19 heavy (non-hydrogen) atoms. The molecule has 0 aliphatic carbocycles. The summed E-state index contributed by atoms with van der Waals surface area (Å²) in [6, 6.07) is 6.69. The third-order valence-corrected chi connectivity index (χ3v) is 2.73. The Bertz CT molecular complexity index is 593. The molecule has 0 atom stereocenters. The number of nitrogens with zero attached hydrogens (tertiary/aromatic N) is 1. The largest absolute Gasteiger partial charge is 0.495 e. The molecule has 2 aromatic rings. The van der Waals surface area contributed by atoms with E-state index in [0.717, 1.165) is 12.1 Å². The van der Waals surface area contributed by atoms with Gasteiger partial charge < -0.3 is 15.2 Å². The van der Waals surface area contributed by atoms with E-state index in [1.165, 1.54) is 13.2 Å². The maximum Gasteiger partial charge on any atom is 0.337 e. The molecular weight excluding hydrogens is 246 g/mol. The van der Waals surface area contributed by atoms with Crippen molar-refractivity contribution in [1.29, 1.82) is 0 Å². The first-order valence-electron chi connectivity index (χ1n) is 5.87. The molecule has 2 rings (SSSR count). The molecule has 1 heterocycles. The van der Waals surface area contributed by atoms with Crippen LogP contribution in [0.15, 0.2) is 24.3 Å². The fraction of sp³-hybridized carbons (Fsp3) is 0.231. The Hall–Kier alpha value is -2.50. The lowest BCUT2D eigenvalue weighted by Gasteiger charge is -2.12. The number of aromatic amines is 1. The van der Waals surface area contributed by atoms with Gasteiger partial charge in [0.2, 0.25) is 0 Å². The molecule has 100 valence electrons. The summed E-state index contributed by atoms with van der Waals surface area (Å²) in [5, 5.41) is 19.1. The van der Waals surface area contributed by atoms with Crippen molar-refractivity contribution in [1.82, 2.24) is 10.2 Å². The normalized spacial score (nSPS) is 10.2. The lowest BCUT2D eigenvalue weighted by molar-refractivity contribution is 0.0697. The number of ether oxygens (including phenoxy) is 1. The van der Waals surface area contributed by atoms with E-state index in [2.05, 4.69) is 15.5 Å². The minimum absolute atomic E-state index is 0.145. The highest BCUT2D eigenvalue weighted by Crippen LogP contribution is 2.30. The molecule has 3 N–H and O–H groups in total. The van der Waals surface area contributed by atoms with E-state index in [1.807, 2.05) is 13.0 Å². The second kappa shape index (κ2) is 5.43. The molecule has 0 unspecified atom stereocenters. The first-order valence-corrected chi connectivity index (χ1v) is 5.87. The highest BCUT2D eigenvalue weighted by molar-refractivity contribution is 5.96. The van der Waals surface area contributed by atoms with Crippen molar-refractivity contribution in [3.63, 3.8) is 0 Å². The number of carboxylic acid groups (broad SMARTS) is 1. The smallest absolute Gasteiger partial charge is 0.337 e. The molecule has 0 saturated carbocycles. The van der Waals surface area contributed by atoms with Crippen LogP contribution in [-0.2, 0) is 6.42 Å². The molecule has 0 aliphatic rings. The summed E-state index contributed by atoms with van der Waals surface area (Å²) < 4.78 is 5.18. The van der Waals surface area contributed by atoms with E-state index < -0.39 is 5.97 Å². The van der Waals surface area contributed by atoms with E-state index in [9.17, 15) is 9.90 Å². The van der Waals surface area contributed by atoms with Crippen LogP contribution >= 0.6 is 0 Å². The number of carboxylic acids is 1. The maximum absolute atomic E-state index is 11.2. The lowest BCUT2D eigenvalue weighted by atomic mass is 10.1. The van der Waals surface area contributed by atoms with E-state index >= 15 is 0 Å². The molecule has 0 amide bonds. The fourth-order valence-corrected chi connectivity index (χ4v) is 1.75. The molecule has 0 bridgehead atoms. The lowest BCUT2D eigenvalue weighted by Crippen LogP contribution is -2.04. The monoisotopic (exact) mass is 261 g/mol. The zero-order chi connectivity index (χ0) is 13.8. The van der Waals surface area contributed by atoms with E-state index in [4.69, 9.17) is 4.74 Å². The van der Waals surface area contributed by atoms with Gasteiger partial charge in [0.15, 0.2) is 0 Å². The van der Waals surface area contributed by atoms with Gasteiger partial charge in [0.25, 0.3) is 0 Å². The number of aromatic carboxylic acids is 1. The van der Waals surface area contributed by atoms with E-state index in [1.54, 1.807) is 12.1 Å². The number of aryl methyl sites for hydroxylation is 1. The SMILES string of the molecule is CCc1cc(Nc2c(OC)cccc2C(=O)O)[nH]n1. The van der Waals surface area contributed by atoms with E-state index in [0.29, 0.717) is 17.3 Å². The number of benzene rings is 1. The highest BCUT2D eigenvalue weighted by Gasteiger charge is 2.15. The number of aromatic nitrogens is 2. The van der Waals surface area contributed by atoms with Crippen LogP contribution in [0.5, 0.6) is 5.75 Å². The Morgan fingerprint density at radius 1 is 1.53 bits per heavy atom. The predicted molar refractivity (Wildman–Crippen MR) is 71.2 cm³/mol. The van der Waals surface area contributed by atoms with Gasteiger partial charge in [-0.1, -0.05) is 13.0 Å². The molecule has 0 fully saturated rings. The fourth-order valence-electron chi connectivity index (χ4n) is 1.75. The van der Waals surface area contributed by atoms with Gasteiger partial charge in [-0.3, -0.25) is 5.10 Å². The van der Waals surface area contributed by atoms with Crippen LogP contribution in [0.4, 0.5) is 11.5 Å². The summed E-state index contributed by atoms with van der Waals surface area (Å²) in [7, 11) is 1.50. The first-order chi connectivity index (χ1) is 9.15. The van der Waals surface area contributed by atoms with Crippen LogP contribution in [0.3, 0.4) is 0 Å². The Morgan fingerprint density at radius 3 is 2.89 bits per heavy atom. The topological polar surface area (TPSA) is 87.2 Å². The third-order valence-electron chi connectivity index (χ3n) is 2.73. The number of nitrogens with one attached hydrogen (secondary N) is 2. The van der Waals surface area contributed by atoms with Gasteiger partial charge in [0, 0.05) is 6.07 Å². The van der Waals surface area contributed by atoms with Crippen molar-refractivity contribution in [2.24, 2.45) is 0 Å². The average molecular weight is 261 g/mol. The molecule has 6 heteroatoms. The van der Waals surface area contributed by atoms with Crippen molar-refractivity contribution < 1.29 is 14.6 Å². The molecular formula is C13H15N3O3. The first kappa shape index (κ1) is 12.9. The standard InChI is InChI=1S/C13H15N3O3/c1-3-8-7-11(16-15-8)14-12-9(13(17)18)5-4-6-10(12)19-2/h4-7H,3H2,1-2H3,(H,17,18)(H2,14,15,16). The van der Waals surface area contributed by atoms with Crippen LogP contribution in [-0.4, -0.2) is 28.4 Å². The van der Waals surface area contributed by atoms with Gasteiger partial charge in [0.05, 0.1) is 24.1 Å². The molecule has 0 aliphatic heterocycles. The highest BCUT2D eigenvalue weighted by atomic mass is 16.5. The van der Waals surface area contributed by atoms with Gasteiger partial charge in [-0.15, -0.1) is 0 Å². The van der Waals surface area contributed by atoms with Crippen molar-refractivity contribution in [2.45, 2.75) is 13.3 Å². The van der Waals surface area contributed by atoms with Crippen LogP contribution in [0.25, 0.3) is 0 Å². The van der Waals surface area contributed by atoms with Gasteiger partial charge in [-0.05, 0) is 18.6 Å². The predicted octanol–water partition coefficient (Wildman–Crippen LogP) is 2.42. The van der Waals surface area contributed by atoms with Gasteiger partial charge in [-0.25, -0.2) is 4.79 Å². The van der Waals surface area contributed by atoms with Gasteiger partial charge in [0.1, 0.15) is 11.6 Å². The zero-order valence-electron chi connectivity index (χ0n) is 10.7. The van der Waals surface area contributed by atoms with E-state index in [-0.39, 0.29) is 5.56 Å². The van der Waals surface area contributed by atoms with Crippen LogP contribution in [0, 0.1) is 0 Å². The van der Waals surface area contributed by atoms with Crippen molar-refractivity contribution in [3.05, 3.63) is 35.5 Å². The maximum atomic E-state index is 11.2. The summed E-state index contributed by atoms with van der Waals surface area (Å²) in [5.41, 5.74) is 1.45. The van der Waals surface area contributed by atoms with Crippen molar-refractivity contribution in [2.75, 3.05) is 12.4 Å². The quantitative estimate of drug-likeness (QED) is 0.769. The number of hydrogen-bond donors (Lipinski definition) is 3. The average Bonchev–Trinajstić information content (AvgIpc) is 2.86. The second-order valence-electron chi connectivity index (χ2n) is 3.94. The number of carbonyl (C=O) groups is 1. The second-order valence-corrected chi connectivity index (χ2v) is 3.94. The summed E-state index contributed by atoms with van der Waals surface area (Å²) >= 11 is 0. The van der Waals surface area contributed by atoms with Crippen molar-refractivity contribution >= 4 is 17.5 Å². The number of rotatable bonds is 5. The summed E-state index contributed by atoms with van der Waals surface area (Å²) in [5.74, 6) is 0.0769. The molecule has 0 saturated heterocycles. The summed E-state index contributed by atoms with van der Waals surface area (Å²) in [6.07, 6.45) is 0.801. The minimum atomic E-state index is -1.02. The van der Waals surface area contributed by atoms with Crippen molar-refractivity contribution in [3.8, 4) is 5.75 Å². The van der Waals surface area contributed by atoms with Crippen LogP contribution < -0.4 is 10.1 Å². The summed E-state index contributed by atoms with van der Waals surface area (Å²) in [6.45, 7) is 1.99. The Kier molecular flexibility index (Phi) is 3.70. The Labute approximate surface area is 110 Å². The zero-order valence-corrected chi connectivity index (χ0v) is 10.7. The third kappa shape index (κ3) is 2.67. The molecule has 6 nitrogen and oxygen atoms in total. The molecule has 0 spiro atoms. The minimum Gasteiger partial charge on any atom is -0.495 e. The molecule has 1 aromatic heterocycles.